The van der Waals surface area contributed by atoms with E-state index in [0.29, 0.717) is 23.8 Å². The van der Waals surface area contributed by atoms with Gasteiger partial charge in [-0.15, -0.1) is 0 Å². The van der Waals surface area contributed by atoms with Crippen molar-refractivity contribution in [2.45, 2.75) is 253 Å². The SMILES string of the molecule is C.C.CCC1CCCCC1.CN(C(=O)[C@H]1CC[C@H]2[C@@H]3CC[C@@H]4C[C@](C)(O)CC[C@@H]4[C@H]3CC[C@]12C)C1CCCCC1.C[C@@]1(O)CC[C@H]2[C@H](CC[C@@H]3[C@@H]2CC[C@]2(C)[C@@H](C(=O)O)CC[C@@H]32)C1. The van der Waals surface area contributed by atoms with Crippen LogP contribution in [0.3, 0.4) is 0 Å². The van der Waals surface area contributed by atoms with Crippen molar-refractivity contribution in [3.63, 3.8) is 0 Å². The summed E-state index contributed by atoms with van der Waals surface area (Å²) >= 11 is 0. The minimum Gasteiger partial charge on any atom is -0.481 e. The van der Waals surface area contributed by atoms with Gasteiger partial charge in [0.15, 0.2) is 0 Å². The molecule has 0 aliphatic heterocycles. The van der Waals surface area contributed by atoms with E-state index in [-0.39, 0.29) is 37.5 Å². The van der Waals surface area contributed by atoms with Gasteiger partial charge in [-0.05, 0) is 218 Å². The zero-order valence-electron chi connectivity index (χ0n) is 40.2. The smallest absolute Gasteiger partial charge is 0.307 e. The summed E-state index contributed by atoms with van der Waals surface area (Å²) in [6.45, 7) is 11.2. The van der Waals surface area contributed by atoms with Crippen LogP contribution in [0, 0.1) is 87.8 Å². The van der Waals surface area contributed by atoms with Crippen molar-refractivity contribution >= 4 is 11.9 Å². The van der Waals surface area contributed by atoms with Crippen LogP contribution in [-0.2, 0) is 9.59 Å². The Bertz CT molecular complexity index is 1500. The number of carbonyl (C=O) groups excluding carboxylic acids is 1. The van der Waals surface area contributed by atoms with Gasteiger partial charge in [0.1, 0.15) is 0 Å². The second-order valence-electron chi connectivity index (χ2n) is 25.2. The Morgan fingerprint density at radius 2 is 0.937 bits per heavy atom. The Balaban J connectivity index is 0.000000177. The molecule has 0 aromatic rings. The topological polar surface area (TPSA) is 98.1 Å². The molecule has 10 aliphatic rings. The molecule has 6 heteroatoms. The lowest BCUT2D eigenvalue weighted by atomic mass is 9.49. The van der Waals surface area contributed by atoms with Crippen LogP contribution in [0.2, 0.25) is 0 Å². The highest BCUT2D eigenvalue weighted by atomic mass is 16.4. The van der Waals surface area contributed by atoms with E-state index < -0.39 is 17.2 Å². The van der Waals surface area contributed by atoms with Gasteiger partial charge in [-0.3, -0.25) is 9.59 Å². The standard InChI is InChI=1S/C27H45NO2.C20H32O3.C8H16.2CH4/c1-26(30)15-13-20-18(17-26)9-10-22-21(20)14-16-27(2)23(22)11-12-24(27)25(29)28(3)19-7-5-4-6-8-19;1-19(23)9-7-13-12(11-19)3-4-15-14(13)8-10-20(2)16(15)5-6-17(20)18(21)22;1-2-8-6-4-3-5-7-8;;/h18-24,30H,4-17H2,1-3H3;12-17,23H,3-11H2,1-2H3,(H,21,22);8H,2-7H2,1H3;2*1H4/t18-,20+,21-,22-,23+,24-,26-,27+;12-,13+,14-,15-,16+,17-,19-,20+;;;/m11.../s1. The van der Waals surface area contributed by atoms with Crippen LogP contribution in [0.1, 0.15) is 236 Å². The van der Waals surface area contributed by atoms with Crippen LogP contribution in [0.25, 0.3) is 0 Å². The lowest BCUT2D eigenvalue weighted by Crippen LogP contribution is -2.52. The summed E-state index contributed by atoms with van der Waals surface area (Å²) in [4.78, 5) is 27.5. The normalized spacial score (nSPS) is 46.7. The van der Waals surface area contributed by atoms with Gasteiger partial charge in [0.25, 0.3) is 0 Å². The van der Waals surface area contributed by atoms with Crippen LogP contribution < -0.4 is 0 Å². The van der Waals surface area contributed by atoms with Gasteiger partial charge in [0.2, 0.25) is 5.91 Å². The van der Waals surface area contributed by atoms with Crippen LogP contribution in [0.4, 0.5) is 0 Å². The Kier molecular flexibility index (Phi) is 16.8. The van der Waals surface area contributed by atoms with Gasteiger partial charge in [-0.2, -0.15) is 0 Å². The van der Waals surface area contributed by atoms with Gasteiger partial charge in [-0.25, -0.2) is 0 Å². The fraction of sp³-hybridized carbons (Fsp3) is 0.965. The van der Waals surface area contributed by atoms with Gasteiger partial charge in [0, 0.05) is 19.0 Å². The van der Waals surface area contributed by atoms with Crippen LogP contribution in [0.5, 0.6) is 0 Å². The first-order chi connectivity index (χ1) is 29.0. The first-order valence-corrected chi connectivity index (χ1v) is 27.0. The highest BCUT2D eigenvalue weighted by molar-refractivity contribution is 5.80. The number of hydrogen-bond donors (Lipinski definition) is 3. The van der Waals surface area contributed by atoms with Gasteiger partial charge >= 0.3 is 5.97 Å². The zero-order valence-corrected chi connectivity index (χ0v) is 40.2. The summed E-state index contributed by atoms with van der Waals surface area (Å²) in [5.74, 6) is 8.89. The molecule has 16 atom stereocenters. The molecule has 0 bridgehead atoms. The summed E-state index contributed by atoms with van der Waals surface area (Å²) in [5, 5.41) is 30.7. The summed E-state index contributed by atoms with van der Waals surface area (Å²) < 4.78 is 0. The lowest BCUT2D eigenvalue weighted by molar-refractivity contribution is -0.150. The molecule has 0 saturated heterocycles. The van der Waals surface area contributed by atoms with E-state index in [4.69, 9.17) is 0 Å². The predicted molar refractivity (Wildman–Crippen MR) is 260 cm³/mol. The van der Waals surface area contributed by atoms with Gasteiger partial charge in [-0.1, -0.05) is 93.4 Å². The summed E-state index contributed by atoms with van der Waals surface area (Å²) in [5.41, 5.74) is -0.598. The molecule has 10 saturated carbocycles. The molecule has 10 fully saturated rings. The monoisotopic (exact) mass is 880 g/mol. The van der Waals surface area contributed by atoms with E-state index in [9.17, 15) is 24.9 Å². The molecule has 0 heterocycles. The number of fused-ring (bicyclic) bond motifs is 10. The minimum atomic E-state index is -0.559. The quantitative estimate of drug-likeness (QED) is 0.261. The fourth-order valence-corrected chi connectivity index (χ4v) is 18.5. The predicted octanol–water partition coefficient (Wildman–Crippen LogP) is 14.1. The third-order valence-electron chi connectivity index (χ3n) is 21.8. The number of carbonyl (C=O) groups is 2. The van der Waals surface area contributed by atoms with Gasteiger partial charge < -0.3 is 20.2 Å². The van der Waals surface area contributed by atoms with Crippen LogP contribution in [0.15, 0.2) is 0 Å². The number of amides is 1. The van der Waals surface area contributed by atoms with Crippen molar-refractivity contribution in [2.24, 2.45) is 87.8 Å². The lowest BCUT2D eigenvalue weighted by Gasteiger charge is -2.57. The second kappa shape index (κ2) is 20.6. The number of aliphatic hydroxyl groups is 2. The number of carboxylic acid groups (broad SMARTS) is 1. The second-order valence-corrected chi connectivity index (χ2v) is 25.2. The van der Waals surface area contributed by atoms with E-state index in [1.54, 1.807) is 0 Å². The molecular formula is C57H101NO5. The minimum absolute atomic E-state index is 0. The van der Waals surface area contributed by atoms with Crippen molar-refractivity contribution in [1.82, 2.24) is 4.90 Å². The summed E-state index contributed by atoms with van der Waals surface area (Å²) in [6.07, 6.45) is 36.2. The van der Waals surface area contributed by atoms with Crippen molar-refractivity contribution in [3.05, 3.63) is 0 Å². The maximum Gasteiger partial charge on any atom is 0.307 e. The largest absolute Gasteiger partial charge is 0.481 e. The van der Waals surface area contributed by atoms with E-state index >= 15 is 0 Å². The number of carboxylic acids is 1. The maximum absolute atomic E-state index is 13.7. The number of nitrogens with zero attached hydrogens (tertiary/aromatic N) is 1. The van der Waals surface area contributed by atoms with E-state index in [0.717, 1.165) is 105 Å². The van der Waals surface area contributed by atoms with Crippen molar-refractivity contribution in [3.8, 4) is 0 Å². The Hall–Kier alpha value is -1.14. The van der Waals surface area contributed by atoms with E-state index in [2.05, 4.69) is 39.6 Å². The average Bonchev–Trinajstić information content (AvgIpc) is 3.80. The zero-order chi connectivity index (χ0) is 43.3. The van der Waals surface area contributed by atoms with Crippen molar-refractivity contribution in [1.29, 1.82) is 0 Å². The van der Waals surface area contributed by atoms with E-state index in [1.165, 1.54) is 135 Å². The Morgan fingerprint density at radius 3 is 1.38 bits per heavy atom. The molecule has 0 unspecified atom stereocenters. The first kappa shape index (κ1) is 51.3. The molecule has 10 aliphatic carbocycles. The van der Waals surface area contributed by atoms with Crippen LogP contribution >= 0.6 is 0 Å². The molecule has 0 aromatic heterocycles. The molecule has 3 N–H and O–H groups in total. The molecular weight excluding hydrogens is 779 g/mol. The molecule has 6 nitrogen and oxygen atoms in total. The third kappa shape index (κ3) is 10.3. The first-order valence-electron chi connectivity index (χ1n) is 27.0. The average molecular weight is 880 g/mol. The summed E-state index contributed by atoms with van der Waals surface area (Å²) in [6, 6.07) is 0.496. The molecule has 0 spiro atoms. The molecule has 1 amide bonds. The number of aliphatic carboxylic acids is 1. The Morgan fingerprint density at radius 1 is 0.508 bits per heavy atom. The molecule has 0 aromatic carbocycles. The highest BCUT2D eigenvalue weighted by Gasteiger charge is 2.61. The third-order valence-corrected chi connectivity index (χ3v) is 21.8. The molecule has 10 rings (SSSR count). The molecule has 63 heavy (non-hydrogen) atoms. The Labute approximate surface area is 388 Å². The number of hydrogen-bond acceptors (Lipinski definition) is 4. The fourth-order valence-electron chi connectivity index (χ4n) is 18.5. The molecule has 0 radical (unpaired) electrons. The van der Waals surface area contributed by atoms with Crippen LogP contribution in [-0.4, -0.2) is 56.4 Å². The van der Waals surface area contributed by atoms with Crippen molar-refractivity contribution in [2.75, 3.05) is 7.05 Å². The maximum atomic E-state index is 13.7. The van der Waals surface area contributed by atoms with Crippen molar-refractivity contribution < 1.29 is 24.9 Å². The molecule has 364 valence electrons. The van der Waals surface area contributed by atoms with Gasteiger partial charge in [0.05, 0.1) is 17.1 Å². The van der Waals surface area contributed by atoms with E-state index in [1.807, 2.05) is 6.92 Å². The highest BCUT2D eigenvalue weighted by Crippen LogP contribution is 2.66. The number of rotatable bonds is 4. The summed E-state index contributed by atoms with van der Waals surface area (Å²) in [7, 11) is 2.11.